The van der Waals surface area contributed by atoms with Gasteiger partial charge in [-0.2, -0.15) is 4.98 Å². The van der Waals surface area contributed by atoms with Crippen LogP contribution in [0.25, 0.3) is 22.2 Å². The molecule has 4 aromatic rings. The third kappa shape index (κ3) is 7.80. The number of anilines is 2. The molecule has 1 fully saturated rings. The average molecular weight is 729 g/mol. The molecule has 3 aromatic heterocycles. The summed E-state index contributed by atoms with van der Waals surface area (Å²) in [5, 5.41) is 15.4. The number of amides is 1. The van der Waals surface area contributed by atoms with Crippen LogP contribution in [0.15, 0.2) is 82.3 Å². The van der Waals surface area contributed by atoms with Gasteiger partial charge in [0, 0.05) is 78.5 Å². The van der Waals surface area contributed by atoms with Gasteiger partial charge in [0.2, 0.25) is 11.9 Å². The van der Waals surface area contributed by atoms with Gasteiger partial charge in [0.25, 0.3) is 5.56 Å². The lowest BCUT2D eigenvalue weighted by molar-refractivity contribution is -0.880. The average Bonchev–Trinajstić information content (AvgIpc) is 3.60. The summed E-state index contributed by atoms with van der Waals surface area (Å²) < 4.78 is 13.1. The summed E-state index contributed by atoms with van der Waals surface area (Å²) in [6.45, 7) is 1.78. The zero-order valence-electron chi connectivity index (χ0n) is 29.3. The molecule has 0 atom stereocenters. The van der Waals surface area contributed by atoms with Crippen LogP contribution in [0.3, 0.4) is 0 Å². The number of pyridine rings is 2. The maximum atomic E-state index is 14.5. The van der Waals surface area contributed by atoms with Crippen molar-refractivity contribution in [2.75, 3.05) is 59.8 Å². The van der Waals surface area contributed by atoms with Crippen molar-refractivity contribution in [2.45, 2.75) is 25.3 Å². The molecule has 6 rings (SSSR count). The van der Waals surface area contributed by atoms with E-state index in [0.717, 1.165) is 5.69 Å². The second-order valence-corrected chi connectivity index (χ2v) is 13.6. The minimum atomic E-state index is -0.453. The molecule has 0 bridgehead atoms. The summed E-state index contributed by atoms with van der Waals surface area (Å²) in [7, 11) is 6.93. The second kappa shape index (κ2) is 15.3. The van der Waals surface area contributed by atoms with Gasteiger partial charge in [0.1, 0.15) is 29.9 Å². The number of quaternary nitrogens is 1. The number of carbonyl (C=O) groups is 1. The molecular weight excluding hydrogens is 690 g/mol. The van der Waals surface area contributed by atoms with Crippen molar-refractivity contribution >= 4 is 46.4 Å². The lowest BCUT2D eigenvalue weighted by atomic mass is 10.0. The molecule has 0 spiro atoms. The van der Waals surface area contributed by atoms with Crippen LogP contribution in [0.4, 0.5) is 11.6 Å². The van der Waals surface area contributed by atoms with E-state index in [-0.39, 0.29) is 28.4 Å². The Labute approximate surface area is 304 Å². The van der Waals surface area contributed by atoms with Gasteiger partial charge in [-0.25, -0.2) is 4.98 Å². The first-order valence-corrected chi connectivity index (χ1v) is 17.0. The zero-order valence-corrected chi connectivity index (χ0v) is 30.0. The fraction of sp³-hybridized carbons (Fsp3) is 0.333. The smallest absolute Gasteiger partial charge is 0.368 e. The molecule has 1 aromatic carbocycles. The Balaban J connectivity index is 1.26. The molecule has 0 aliphatic carbocycles. The maximum Gasteiger partial charge on any atom is 0.368 e. The first kappa shape index (κ1) is 36.1. The number of nitrogens with zero attached hydrogens (tertiary/aromatic N) is 8. The van der Waals surface area contributed by atoms with Crippen molar-refractivity contribution in [1.82, 2.24) is 24.4 Å². The third-order valence-corrected chi connectivity index (χ3v) is 9.52. The largest absolute Gasteiger partial charge is 0.497 e. The van der Waals surface area contributed by atoms with Crippen LogP contribution in [0.5, 0.6) is 11.5 Å². The van der Waals surface area contributed by atoms with E-state index in [9.17, 15) is 19.7 Å². The first-order chi connectivity index (χ1) is 25.0. The number of likely N-dealkylation sites (N-methyl/N-ethyl adjacent to an activating group) is 1. The zero-order chi connectivity index (χ0) is 37.0. The van der Waals surface area contributed by atoms with Crippen molar-refractivity contribution in [2.24, 2.45) is 4.99 Å². The maximum absolute atomic E-state index is 14.5. The van der Waals surface area contributed by atoms with E-state index < -0.39 is 4.92 Å². The number of hydrogen-bond donors (Lipinski definition) is 1. The summed E-state index contributed by atoms with van der Waals surface area (Å²) in [6, 6.07) is 8.37. The number of likely N-dealkylation sites (tertiary alicyclic amines) is 1. The number of piperidine rings is 1. The quantitative estimate of drug-likeness (QED) is 0.0905. The number of halogens is 1. The molecule has 2 aliphatic heterocycles. The van der Waals surface area contributed by atoms with Gasteiger partial charge < -0.3 is 34.3 Å². The summed E-state index contributed by atoms with van der Waals surface area (Å²) in [5.41, 5.74) is 2.33. The van der Waals surface area contributed by atoms with Crippen molar-refractivity contribution in [3.63, 3.8) is 0 Å². The minimum absolute atomic E-state index is 0.0921. The molecule has 2 aliphatic rings. The predicted octanol–water partition coefficient (Wildman–Crippen LogP) is 5.03. The standard InChI is InChI=1S/C36H38ClN9O6/c1-46(2,22-23-7-14-39-33(23)45(49)50)17-5-6-31(47)43-15-10-26(11-16-43)44-34-24(21-40-36(42-34)41-25-8-12-38-13-9-25)18-29(35(44)48)28-19-27(51-3)20-30(52-4)32(28)37/h5-6,8-9,12-14,18-21,26H,7,10-11,15-17,22H2,1-4H3/p+1/b6-5+. The number of aliphatic imine (C=N–C) groups is 1. The van der Waals surface area contributed by atoms with Crippen LogP contribution < -0.4 is 20.3 Å². The highest BCUT2D eigenvalue weighted by Gasteiger charge is 2.30. The summed E-state index contributed by atoms with van der Waals surface area (Å²) in [6.07, 6.45) is 11.3. The van der Waals surface area contributed by atoms with E-state index in [2.05, 4.69) is 20.3 Å². The van der Waals surface area contributed by atoms with Crippen LogP contribution in [-0.2, 0) is 4.79 Å². The Hall–Kier alpha value is -5.67. The molecule has 1 amide bonds. The highest BCUT2D eigenvalue weighted by Crippen LogP contribution is 2.39. The Morgan fingerprint density at radius 3 is 2.58 bits per heavy atom. The number of carbonyl (C=O) groups excluding carboxylic acids is 1. The van der Waals surface area contributed by atoms with E-state index in [1.54, 1.807) is 76.8 Å². The number of nitrogens with one attached hydrogen (secondary N) is 1. The van der Waals surface area contributed by atoms with Crippen molar-refractivity contribution < 1.29 is 23.7 Å². The number of nitro groups is 1. The number of aromatic nitrogens is 4. The Bertz CT molecular complexity index is 2160. The predicted molar refractivity (Wildman–Crippen MR) is 198 cm³/mol. The van der Waals surface area contributed by atoms with E-state index in [1.165, 1.54) is 14.2 Å². The summed E-state index contributed by atoms with van der Waals surface area (Å²) in [4.78, 5) is 57.7. The van der Waals surface area contributed by atoms with Gasteiger partial charge in [-0.15, -0.1) is 0 Å². The molecular formula is C36H39ClN9O6+. The van der Waals surface area contributed by atoms with Gasteiger partial charge >= 0.3 is 5.82 Å². The number of fused-ring (bicyclic) bond motifs is 1. The molecule has 270 valence electrons. The number of hydrogen-bond acceptors (Lipinski definition) is 11. The molecule has 0 radical (unpaired) electrons. The van der Waals surface area contributed by atoms with E-state index in [4.69, 9.17) is 26.1 Å². The molecule has 1 saturated heterocycles. The lowest BCUT2D eigenvalue weighted by Crippen LogP contribution is -2.42. The SMILES string of the molecule is COc1cc(OC)c(Cl)c(-c2cc3cnc(Nc4ccncc4)nc3n(C3CCN(C(=O)/C=C/C[N+](C)(C)CC4=C([N+](=O)[O-])N=CC4)CC3)c2=O)c1. The summed E-state index contributed by atoms with van der Waals surface area (Å²) >= 11 is 6.77. The molecule has 0 saturated carbocycles. The molecule has 1 N–H and O–H groups in total. The van der Waals surface area contributed by atoms with Gasteiger partial charge in [0.15, 0.2) is 0 Å². The number of benzene rings is 1. The van der Waals surface area contributed by atoms with Crippen LogP contribution in [-0.4, -0.2) is 100 Å². The van der Waals surface area contributed by atoms with E-state index >= 15 is 0 Å². The topological polar surface area (TPSA) is 167 Å². The van der Waals surface area contributed by atoms with Crippen LogP contribution >= 0.6 is 11.6 Å². The van der Waals surface area contributed by atoms with E-state index in [1.807, 2.05) is 14.1 Å². The first-order valence-electron chi connectivity index (χ1n) is 16.7. The lowest BCUT2D eigenvalue weighted by Gasteiger charge is -2.33. The Kier molecular flexibility index (Phi) is 10.6. The van der Waals surface area contributed by atoms with Crippen molar-refractivity contribution in [3.8, 4) is 22.6 Å². The van der Waals surface area contributed by atoms with E-state index in [0.29, 0.717) is 95.1 Å². The number of rotatable bonds is 12. The normalized spacial score (nSPS) is 15.1. The van der Waals surface area contributed by atoms with Crippen LogP contribution in [0.1, 0.15) is 25.3 Å². The van der Waals surface area contributed by atoms with Gasteiger partial charge in [-0.05, 0) is 48.1 Å². The van der Waals surface area contributed by atoms with Crippen molar-refractivity contribution in [3.05, 3.63) is 98.0 Å². The van der Waals surface area contributed by atoms with Gasteiger partial charge in [-0.1, -0.05) is 16.6 Å². The second-order valence-electron chi connectivity index (χ2n) is 13.2. The molecule has 52 heavy (non-hydrogen) atoms. The fourth-order valence-corrected chi connectivity index (χ4v) is 6.81. The van der Waals surface area contributed by atoms with Crippen LogP contribution in [0, 0.1) is 10.1 Å². The number of ether oxygens (including phenoxy) is 2. The van der Waals surface area contributed by atoms with Crippen molar-refractivity contribution in [1.29, 1.82) is 0 Å². The molecule has 15 nitrogen and oxygen atoms in total. The number of methoxy groups -OCH3 is 2. The third-order valence-electron chi connectivity index (χ3n) is 9.13. The monoisotopic (exact) mass is 728 g/mol. The summed E-state index contributed by atoms with van der Waals surface area (Å²) in [5.74, 6) is 0.920. The highest BCUT2D eigenvalue weighted by molar-refractivity contribution is 6.35. The minimum Gasteiger partial charge on any atom is -0.497 e. The fourth-order valence-electron chi connectivity index (χ4n) is 6.52. The van der Waals surface area contributed by atoms with Gasteiger partial charge in [0.05, 0.1) is 45.5 Å². The molecule has 5 heterocycles. The van der Waals surface area contributed by atoms with Crippen LogP contribution in [0.2, 0.25) is 5.02 Å². The molecule has 0 unspecified atom stereocenters. The Morgan fingerprint density at radius 1 is 1.13 bits per heavy atom. The Morgan fingerprint density at radius 2 is 1.88 bits per heavy atom. The highest BCUT2D eigenvalue weighted by atomic mass is 35.5. The van der Waals surface area contributed by atoms with Gasteiger partial charge in [-0.3, -0.25) is 19.1 Å². The molecule has 16 heteroatoms.